The summed E-state index contributed by atoms with van der Waals surface area (Å²) in [5, 5.41) is 0.731. The monoisotopic (exact) mass is 505 g/mol. The third kappa shape index (κ3) is 4.37. The van der Waals surface area contributed by atoms with E-state index in [-0.39, 0.29) is 15.6 Å². The standard InChI is InChI=1S/C28H28FN3O3S/c1-19-4-10-24(16-20(19)2)36(33,34)27-18-30-26-11-9-23(35-3)17-25(26)28(27)32-14-12-31(13-15-32)22-7-5-21(29)6-8-22/h4-11,16-18H,12-15H2,1-3H3. The fourth-order valence-corrected chi connectivity index (χ4v) is 6.16. The summed E-state index contributed by atoms with van der Waals surface area (Å²) in [4.78, 5) is 9.23. The Morgan fingerprint density at radius 2 is 1.56 bits per heavy atom. The van der Waals surface area contributed by atoms with E-state index in [2.05, 4.69) is 14.8 Å². The lowest BCUT2D eigenvalue weighted by molar-refractivity contribution is 0.415. The normalized spacial score (nSPS) is 14.3. The first-order valence-corrected chi connectivity index (χ1v) is 13.3. The first-order valence-electron chi connectivity index (χ1n) is 11.8. The van der Waals surface area contributed by atoms with Crippen molar-refractivity contribution in [1.82, 2.24) is 4.98 Å². The van der Waals surface area contributed by atoms with Crippen LogP contribution < -0.4 is 14.5 Å². The van der Waals surface area contributed by atoms with Gasteiger partial charge in [0, 0.05) is 43.4 Å². The molecule has 0 amide bonds. The van der Waals surface area contributed by atoms with Gasteiger partial charge in [0.1, 0.15) is 16.5 Å². The Morgan fingerprint density at radius 3 is 2.22 bits per heavy atom. The van der Waals surface area contributed by atoms with Crippen LogP contribution in [0, 0.1) is 19.7 Å². The zero-order chi connectivity index (χ0) is 25.4. The second-order valence-corrected chi connectivity index (χ2v) is 11.0. The highest BCUT2D eigenvalue weighted by Crippen LogP contribution is 2.38. The van der Waals surface area contributed by atoms with Crippen molar-refractivity contribution >= 4 is 32.1 Å². The molecule has 8 heteroatoms. The molecule has 4 aromatic rings. The van der Waals surface area contributed by atoms with Crippen LogP contribution in [0.4, 0.5) is 15.8 Å². The van der Waals surface area contributed by atoms with Crippen molar-refractivity contribution in [3.05, 3.63) is 83.8 Å². The summed E-state index contributed by atoms with van der Waals surface area (Å²) in [7, 11) is -2.25. The van der Waals surface area contributed by atoms with E-state index in [0.717, 1.165) is 22.2 Å². The molecular weight excluding hydrogens is 477 g/mol. The lowest BCUT2D eigenvalue weighted by Crippen LogP contribution is -2.47. The fourth-order valence-electron chi connectivity index (χ4n) is 4.64. The molecule has 0 atom stereocenters. The Morgan fingerprint density at radius 1 is 0.861 bits per heavy atom. The van der Waals surface area contributed by atoms with E-state index in [9.17, 15) is 12.8 Å². The molecule has 0 unspecified atom stereocenters. The number of sulfone groups is 1. The van der Waals surface area contributed by atoms with Gasteiger partial charge in [0.2, 0.25) is 9.84 Å². The van der Waals surface area contributed by atoms with E-state index < -0.39 is 9.84 Å². The van der Waals surface area contributed by atoms with Crippen LogP contribution in [0.1, 0.15) is 11.1 Å². The van der Waals surface area contributed by atoms with Crippen LogP contribution >= 0.6 is 0 Å². The molecule has 1 aliphatic rings. The minimum atomic E-state index is -3.84. The SMILES string of the molecule is COc1ccc2ncc(S(=O)(=O)c3ccc(C)c(C)c3)c(N3CCN(c4ccc(F)cc4)CC3)c2c1. The third-order valence-corrected chi connectivity index (χ3v) is 8.63. The van der Waals surface area contributed by atoms with Crippen molar-refractivity contribution < 1.29 is 17.5 Å². The minimum Gasteiger partial charge on any atom is -0.497 e. The molecule has 0 bridgehead atoms. The number of aryl methyl sites for hydroxylation is 2. The van der Waals surface area contributed by atoms with E-state index in [1.807, 2.05) is 38.1 Å². The van der Waals surface area contributed by atoms with Crippen LogP contribution in [-0.4, -0.2) is 46.7 Å². The van der Waals surface area contributed by atoms with Crippen LogP contribution in [0.2, 0.25) is 0 Å². The molecular formula is C28H28FN3O3S. The van der Waals surface area contributed by atoms with Gasteiger partial charge in [-0.15, -0.1) is 0 Å². The molecule has 0 radical (unpaired) electrons. The summed E-state index contributed by atoms with van der Waals surface area (Å²) in [5.74, 6) is 0.368. The van der Waals surface area contributed by atoms with Crippen molar-refractivity contribution in [2.45, 2.75) is 23.6 Å². The number of hydrogen-bond donors (Lipinski definition) is 0. The molecule has 186 valence electrons. The number of pyridine rings is 1. The molecule has 0 N–H and O–H groups in total. The number of anilines is 2. The van der Waals surface area contributed by atoms with Gasteiger partial charge in [-0.1, -0.05) is 6.07 Å². The predicted molar refractivity (Wildman–Crippen MR) is 140 cm³/mol. The number of halogens is 1. The Bertz CT molecular complexity index is 1530. The Labute approximate surface area is 210 Å². The number of rotatable bonds is 5. The van der Waals surface area contributed by atoms with Gasteiger partial charge in [-0.3, -0.25) is 4.98 Å². The van der Waals surface area contributed by atoms with Gasteiger partial charge in [-0.2, -0.15) is 0 Å². The quantitative estimate of drug-likeness (QED) is 0.374. The van der Waals surface area contributed by atoms with E-state index in [1.54, 1.807) is 31.4 Å². The highest BCUT2D eigenvalue weighted by Gasteiger charge is 2.29. The molecule has 1 fully saturated rings. The van der Waals surface area contributed by atoms with Gasteiger partial charge in [0.05, 0.1) is 23.2 Å². The number of benzene rings is 3. The molecule has 3 aromatic carbocycles. The van der Waals surface area contributed by atoms with E-state index in [4.69, 9.17) is 4.74 Å². The average Bonchev–Trinajstić information content (AvgIpc) is 2.89. The zero-order valence-corrected chi connectivity index (χ0v) is 21.3. The minimum absolute atomic E-state index is 0.182. The smallest absolute Gasteiger partial charge is 0.210 e. The van der Waals surface area contributed by atoms with Gasteiger partial charge < -0.3 is 14.5 Å². The molecule has 5 rings (SSSR count). The van der Waals surface area contributed by atoms with Gasteiger partial charge >= 0.3 is 0 Å². The average molecular weight is 506 g/mol. The number of nitrogens with zero attached hydrogens (tertiary/aromatic N) is 3. The maximum absolute atomic E-state index is 13.9. The van der Waals surface area contributed by atoms with Crippen molar-refractivity contribution in [3.63, 3.8) is 0 Å². The first kappa shape index (κ1) is 24.1. The summed E-state index contributed by atoms with van der Waals surface area (Å²) < 4.78 is 46.7. The lowest BCUT2D eigenvalue weighted by Gasteiger charge is -2.38. The van der Waals surface area contributed by atoms with E-state index in [1.165, 1.54) is 18.3 Å². The van der Waals surface area contributed by atoms with Crippen LogP contribution in [0.5, 0.6) is 5.75 Å². The maximum atomic E-state index is 13.9. The van der Waals surface area contributed by atoms with E-state index >= 15 is 0 Å². The number of fused-ring (bicyclic) bond motifs is 1. The Hall–Kier alpha value is -3.65. The van der Waals surface area contributed by atoms with Crippen molar-refractivity contribution in [1.29, 1.82) is 0 Å². The predicted octanol–water partition coefficient (Wildman–Crippen LogP) is 5.16. The second kappa shape index (κ2) is 9.43. The lowest BCUT2D eigenvalue weighted by atomic mass is 10.1. The molecule has 36 heavy (non-hydrogen) atoms. The summed E-state index contributed by atoms with van der Waals surface area (Å²) >= 11 is 0. The summed E-state index contributed by atoms with van der Waals surface area (Å²) in [6, 6.07) is 17.2. The number of ether oxygens (including phenoxy) is 1. The van der Waals surface area contributed by atoms with Gasteiger partial charge in [-0.25, -0.2) is 12.8 Å². The Balaban J connectivity index is 1.60. The number of piperazine rings is 1. The summed E-state index contributed by atoms with van der Waals surface area (Å²) in [6.45, 7) is 6.41. The second-order valence-electron chi connectivity index (χ2n) is 9.05. The van der Waals surface area contributed by atoms with Gasteiger partial charge in [0.15, 0.2) is 0 Å². The molecule has 0 saturated carbocycles. The molecule has 1 aromatic heterocycles. The molecule has 1 saturated heterocycles. The largest absolute Gasteiger partial charge is 0.497 e. The maximum Gasteiger partial charge on any atom is 0.210 e. The van der Waals surface area contributed by atoms with Crippen LogP contribution in [0.25, 0.3) is 10.9 Å². The van der Waals surface area contributed by atoms with Crippen LogP contribution in [0.3, 0.4) is 0 Å². The number of aromatic nitrogens is 1. The zero-order valence-electron chi connectivity index (χ0n) is 20.5. The van der Waals surface area contributed by atoms with Crippen molar-refractivity contribution in [3.8, 4) is 5.75 Å². The number of hydrogen-bond acceptors (Lipinski definition) is 6. The molecule has 1 aliphatic heterocycles. The van der Waals surface area contributed by atoms with Crippen LogP contribution in [0.15, 0.2) is 76.7 Å². The van der Waals surface area contributed by atoms with Gasteiger partial charge in [0.25, 0.3) is 0 Å². The van der Waals surface area contributed by atoms with Crippen molar-refractivity contribution in [2.75, 3.05) is 43.1 Å². The van der Waals surface area contributed by atoms with Crippen molar-refractivity contribution in [2.24, 2.45) is 0 Å². The summed E-state index contributed by atoms with van der Waals surface area (Å²) in [5.41, 5.74) is 4.23. The highest BCUT2D eigenvalue weighted by molar-refractivity contribution is 7.91. The fraction of sp³-hybridized carbons (Fsp3) is 0.250. The third-order valence-electron chi connectivity index (χ3n) is 6.88. The topological polar surface area (TPSA) is 62.7 Å². The molecule has 0 spiro atoms. The van der Waals surface area contributed by atoms with E-state index in [0.29, 0.717) is 43.1 Å². The Kier molecular flexibility index (Phi) is 6.30. The first-order chi connectivity index (χ1) is 17.3. The molecule has 0 aliphatic carbocycles. The highest BCUT2D eigenvalue weighted by atomic mass is 32.2. The number of methoxy groups -OCH3 is 1. The molecule has 6 nitrogen and oxygen atoms in total. The van der Waals surface area contributed by atoms with Crippen LogP contribution in [-0.2, 0) is 9.84 Å². The summed E-state index contributed by atoms with van der Waals surface area (Å²) in [6.07, 6.45) is 1.47. The van der Waals surface area contributed by atoms with Gasteiger partial charge in [-0.05, 0) is 79.6 Å². The molecule has 2 heterocycles.